The van der Waals surface area contributed by atoms with Crippen molar-refractivity contribution >= 4 is 70.5 Å². The van der Waals surface area contributed by atoms with Gasteiger partial charge in [-0.2, -0.15) is 0 Å². The minimum Gasteiger partial charge on any atom is -0.457 e. The fraction of sp³-hybridized carbons (Fsp3) is 0.0204. The minimum atomic E-state index is -0.553. The van der Waals surface area contributed by atoms with Gasteiger partial charge in [-0.25, -0.2) is 0 Å². The Morgan fingerprint density at radius 3 is 1.96 bits per heavy atom. The molecule has 2 aliphatic rings. The summed E-state index contributed by atoms with van der Waals surface area (Å²) in [6.07, 6.45) is 0. The van der Waals surface area contributed by atoms with Crippen LogP contribution < -0.4 is 9.64 Å². The molecule has 1 aliphatic heterocycles. The topological polar surface area (TPSA) is 25.6 Å². The molecule has 0 fully saturated rings. The summed E-state index contributed by atoms with van der Waals surface area (Å²) in [7, 11) is 0. The number of furan rings is 1. The lowest BCUT2D eigenvalue weighted by Crippen LogP contribution is -2.32. The van der Waals surface area contributed by atoms with Gasteiger partial charge in [0.05, 0.1) is 16.5 Å². The molecule has 0 atom stereocenters. The Morgan fingerprint density at radius 2 is 1.13 bits per heavy atom. The molecule has 3 heterocycles. The van der Waals surface area contributed by atoms with E-state index in [-0.39, 0.29) is 0 Å². The Hall–Kier alpha value is -6.62. The van der Waals surface area contributed by atoms with Gasteiger partial charge >= 0.3 is 0 Å². The zero-order valence-corrected chi connectivity index (χ0v) is 29.2. The molecule has 1 aliphatic carbocycles. The molecule has 12 rings (SSSR count). The third-order valence-electron chi connectivity index (χ3n) is 11.3. The van der Waals surface area contributed by atoms with Gasteiger partial charge in [0, 0.05) is 48.1 Å². The molecule has 0 saturated carbocycles. The molecule has 3 nitrogen and oxygen atoms in total. The van der Waals surface area contributed by atoms with E-state index in [2.05, 4.69) is 181 Å². The average Bonchev–Trinajstić information content (AvgIpc) is 3.86. The highest BCUT2D eigenvalue weighted by Crippen LogP contribution is 2.63. The van der Waals surface area contributed by atoms with Gasteiger partial charge in [-0.1, -0.05) is 103 Å². The summed E-state index contributed by atoms with van der Waals surface area (Å²) in [5.74, 6) is 1.77. The molecule has 0 N–H and O–H groups in total. The van der Waals surface area contributed by atoms with E-state index >= 15 is 0 Å². The third-order valence-corrected chi connectivity index (χ3v) is 12.5. The second-order valence-electron chi connectivity index (χ2n) is 14.0. The van der Waals surface area contributed by atoms with Crippen LogP contribution in [0.1, 0.15) is 22.3 Å². The number of hydrogen-bond donors (Lipinski definition) is 0. The predicted octanol–water partition coefficient (Wildman–Crippen LogP) is 13.9. The molecule has 8 aromatic carbocycles. The van der Waals surface area contributed by atoms with E-state index in [0.717, 1.165) is 61.6 Å². The number of ether oxygens (including phenoxy) is 1. The molecule has 248 valence electrons. The number of rotatable bonds is 3. The van der Waals surface area contributed by atoms with E-state index in [1.165, 1.54) is 42.4 Å². The molecule has 0 amide bonds. The normalized spacial score (nSPS) is 13.6. The number of hydrogen-bond acceptors (Lipinski definition) is 4. The summed E-state index contributed by atoms with van der Waals surface area (Å²) in [6.45, 7) is 0. The zero-order chi connectivity index (χ0) is 34.7. The van der Waals surface area contributed by atoms with Crippen molar-refractivity contribution < 1.29 is 9.15 Å². The quantitative estimate of drug-likeness (QED) is 0.184. The predicted molar refractivity (Wildman–Crippen MR) is 219 cm³/mol. The van der Waals surface area contributed by atoms with Gasteiger partial charge in [0.1, 0.15) is 22.7 Å². The number of anilines is 3. The molecular weight excluding hydrogens is 667 g/mol. The maximum atomic E-state index is 6.91. The number of nitrogens with zero attached hydrogens (tertiary/aromatic N) is 1. The highest BCUT2D eigenvalue weighted by molar-refractivity contribution is 7.25. The summed E-state index contributed by atoms with van der Waals surface area (Å²) < 4.78 is 16.1. The zero-order valence-electron chi connectivity index (χ0n) is 28.4. The Bertz CT molecular complexity index is 3070. The lowest BCUT2D eigenvalue weighted by molar-refractivity contribution is 0.436. The van der Waals surface area contributed by atoms with Gasteiger partial charge in [-0.05, 0) is 95.1 Å². The van der Waals surface area contributed by atoms with Crippen molar-refractivity contribution in [2.45, 2.75) is 5.41 Å². The van der Waals surface area contributed by atoms with Crippen LogP contribution >= 0.6 is 11.3 Å². The van der Waals surface area contributed by atoms with Crippen molar-refractivity contribution in [3.8, 4) is 22.6 Å². The van der Waals surface area contributed by atoms with E-state index in [0.29, 0.717) is 0 Å². The van der Waals surface area contributed by atoms with Gasteiger partial charge < -0.3 is 14.1 Å². The van der Waals surface area contributed by atoms with Crippen LogP contribution in [0.25, 0.3) is 53.2 Å². The van der Waals surface area contributed by atoms with Gasteiger partial charge in [-0.15, -0.1) is 11.3 Å². The van der Waals surface area contributed by atoms with Gasteiger partial charge in [0.2, 0.25) is 0 Å². The monoisotopic (exact) mass is 695 g/mol. The SMILES string of the molecule is c1ccc(N(c2ccc3sc4ccccc4c3c2)c2cccc3oc4cc5c(cc4c23)-c2ccccc2C52c3ccccc3Oc3ccccc32)cc1. The maximum Gasteiger partial charge on any atom is 0.137 e. The molecular formula is C49H29NO2S. The Balaban J connectivity index is 1.15. The van der Waals surface area contributed by atoms with Gasteiger partial charge in [-0.3, -0.25) is 0 Å². The smallest absolute Gasteiger partial charge is 0.137 e. The number of fused-ring (bicyclic) bond motifs is 15. The standard InChI is InChI=1S/C49H29NO2S/c1-2-13-30(14-3-1)50(31-25-26-47-35(27-31)33-16-5-11-24-46(33)53-47)41-20-12-23-44-48(41)36-28-34-32-15-4-6-17-37(32)49(40(34)29-45(36)52-44)38-18-7-9-21-42(38)51-43-22-10-8-19-39(43)49/h1-29H. The number of benzene rings is 8. The molecule has 1 spiro atoms. The van der Waals surface area contributed by atoms with Crippen LogP contribution in [-0.4, -0.2) is 0 Å². The maximum absolute atomic E-state index is 6.91. The Morgan fingerprint density at radius 1 is 0.434 bits per heavy atom. The first kappa shape index (κ1) is 29.0. The van der Waals surface area contributed by atoms with Crippen molar-refractivity contribution in [2.24, 2.45) is 0 Å². The first-order valence-corrected chi connectivity index (χ1v) is 18.8. The molecule has 0 saturated heterocycles. The van der Waals surface area contributed by atoms with Crippen molar-refractivity contribution in [3.05, 3.63) is 198 Å². The Kier molecular flexibility index (Phi) is 5.86. The molecule has 0 bridgehead atoms. The molecule has 0 unspecified atom stereocenters. The van der Waals surface area contributed by atoms with Crippen LogP contribution in [0.3, 0.4) is 0 Å². The molecule has 4 heteroatoms. The highest BCUT2D eigenvalue weighted by Gasteiger charge is 2.51. The van der Waals surface area contributed by atoms with Gasteiger partial charge in [0.25, 0.3) is 0 Å². The van der Waals surface area contributed by atoms with Crippen LogP contribution in [0.5, 0.6) is 11.5 Å². The van der Waals surface area contributed by atoms with Crippen LogP contribution in [0.4, 0.5) is 17.1 Å². The largest absolute Gasteiger partial charge is 0.457 e. The third kappa shape index (κ3) is 3.88. The second kappa shape index (κ2) is 10.7. The first-order chi connectivity index (χ1) is 26.3. The second-order valence-corrected chi connectivity index (χ2v) is 15.1. The molecule has 53 heavy (non-hydrogen) atoms. The summed E-state index contributed by atoms with van der Waals surface area (Å²) in [5.41, 5.74) is 11.7. The summed E-state index contributed by atoms with van der Waals surface area (Å²) in [4.78, 5) is 2.39. The van der Waals surface area contributed by atoms with Crippen molar-refractivity contribution in [3.63, 3.8) is 0 Å². The van der Waals surface area contributed by atoms with E-state index < -0.39 is 5.41 Å². The van der Waals surface area contributed by atoms with E-state index in [9.17, 15) is 0 Å². The van der Waals surface area contributed by atoms with Crippen LogP contribution in [-0.2, 0) is 5.41 Å². The molecule has 10 aromatic rings. The minimum absolute atomic E-state index is 0.553. The van der Waals surface area contributed by atoms with E-state index in [1.54, 1.807) is 0 Å². The molecule has 2 aromatic heterocycles. The van der Waals surface area contributed by atoms with Crippen LogP contribution in [0.2, 0.25) is 0 Å². The van der Waals surface area contributed by atoms with Crippen molar-refractivity contribution in [1.29, 1.82) is 0 Å². The number of para-hydroxylation sites is 3. The molecule has 0 radical (unpaired) electrons. The fourth-order valence-corrected chi connectivity index (χ4v) is 10.3. The average molecular weight is 696 g/mol. The summed E-state index contributed by atoms with van der Waals surface area (Å²) >= 11 is 1.84. The van der Waals surface area contributed by atoms with Crippen molar-refractivity contribution in [1.82, 2.24) is 0 Å². The fourth-order valence-electron chi connectivity index (χ4n) is 9.20. The van der Waals surface area contributed by atoms with E-state index in [4.69, 9.17) is 9.15 Å². The Labute approximate surface area is 309 Å². The van der Waals surface area contributed by atoms with Crippen molar-refractivity contribution in [2.75, 3.05) is 4.90 Å². The van der Waals surface area contributed by atoms with Crippen LogP contribution in [0, 0.1) is 0 Å². The first-order valence-electron chi connectivity index (χ1n) is 18.0. The van der Waals surface area contributed by atoms with Crippen LogP contribution in [0.15, 0.2) is 180 Å². The highest BCUT2D eigenvalue weighted by atomic mass is 32.1. The number of thiophene rings is 1. The lowest BCUT2D eigenvalue weighted by Gasteiger charge is -2.39. The summed E-state index contributed by atoms with van der Waals surface area (Å²) in [6, 6.07) is 63.3. The van der Waals surface area contributed by atoms with Gasteiger partial charge in [0.15, 0.2) is 0 Å². The lowest BCUT2D eigenvalue weighted by atomic mass is 9.66. The van der Waals surface area contributed by atoms with E-state index in [1.807, 2.05) is 11.3 Å². The summed E-state index contributed by atoms with van der Waals surface area (Å²) in [5, 5.41) is 4.74.